The average Bonchev–Trinajstić information content (AvgIpc) is 3.07. The van der Waals surface area contributed by atoms with E-state index in [1.54, 1.807) is 6.07 Å². The Hall–Kier alpha value is -2.05. The highest BCUT2D eigenvalue weighted by molar-refractivity contribution is 7.98. The van der Waals surface area contributed by atoms with E-state index in [1.807, 2.05) is 50.5 Å². The van der Waals surface area contributed by atoms with Gasteiger partial charge in [0, 0.05) is 17.3 Å². The molecule has 0 amide bonds. The average molecular weight is 420 g/mol. The largest absolute Gasteiger partial charge is 0.483 e. The molecule has 1 heterocycles. The quantitative estimate of drug-likeness (QED) is 0.431. The molecule has 0 aliphatic heterocycles. The van der Waals surface area contributed by atoms with Crippen LogP contribution in [0.15, 0.2) is 41.6 Å². The first-order valence-electron chi connectivity index (χ1n) is 9.12. The van der Waals surface area contributed by atoms with Crippen molar-refractivity contribution < 1.29 is 9.13 Å². The number of aromatic nitrogens is 3. The minimum Gasteiger partial charge on any atom is -0.483 e. The third kappa shape index (κ3) is 4.67. The molecule has 0 fully saturated rings. The predicted octanol–water partition coefficient (Wildman–Crippen LogP) is 6.14. The van der Waals surface area contributed by atoms with Crippen molar-refractivity contribution in [2.24, 2.45) is 0 Å². The normalized spacial score (nSPS) is 12.2. The SMILES string of the molecule is CCn1c(SCc2cccc(F)c2)nnc1C(C)Oc1cc(C)c(Cl)c(C)c1. The van der Waals surface area contributed by atoms with Crippen LogP contribution in [0, 0.1) is 19.7 Å². The summed E-state index contributed by atoms with van der Waals surface area (Å²) in [6.07, 6.45) is -0.268. The fourth-order valence-electron chi connectivity index (χ4n) is 3.01. The van der Waals surface area contributed by atoms with Gasteiger partial charge in [0.05, 0.1) is 0 Å². The summed E-state index contributed by atoms with van der Waals surface area (Å²) in [4.78, 5) is 0. The van der Waals surface area contributed by atoms with Gasteiger partial charge in [0.15, 0.2) is 17.1 Å². The minimum absolute atomic E-state index is 0.230. The van der Waals surface area contributed by atoms with Crippen LogP contribution in [0.1, 0.15) is 42.5 Å². The van der Waals surface area contributed by atoms with E-state index in [0.717, 1.165) is 45.0 Å². The van der Waals surface area contributed by atoms with Crippen LogP contribution in [-0.2, 0) is 12.3 Å². The first-order valence-corrected chi connectivity index (χ1v) is 10.5. The summed E-state index contributed by atoms with van der Waals surface area (Å²) >= 11 is 7.78. The number of hydrogen-bond acceptors (Lipinski definition) is 4. The second-order valence-corrected chi connectivity index (χ2v) is 7.96. The molecule has 0 N–H and O–H groups in total. The zero-order valence-corrected chi connectivity index (χ0v) is 17.9. The highest BCUT2D eigenvalue weighted by Crippen LogP contribution is 2.30. The minimum atomic E-state index is -0.268. The number of nitrogens with zero attached hydrogens (tertiary/aromatic N) is 3. The van der Waals surface area contributed by atoms with Crippen LogP contribution in [0.4, 0.5) is 4.39 Å². The van der Waals surface area contributed by atoms with E-state index in [0.29, 0.717) is 5.75 Å². The molecule has 28 heavy (non-hydrogen) atoms. The fourth-order valence-corrected chi connectivity index (χ4v) is 4.07. The highest BCUT2D eigenvalue weighted by Gasteiger charge is 2.19. The molecule has 1 unspecified atom stereocenters. The zero-order chi connectivity index (χ0) is 20.3. The Balaban J connectivity index is 1.75. The summed E-state index contributed by atoms with van der Waals surface area (Å²) in [6, 6.07) is 10.5. The van der Waals surface area contributed by atoms with Gasteiger partial charge in [-0.3, -0.25) is 0 Å². The smallest absolute Gasteiger partial charge is 0.191 e. The van der Waals surface area contributed by atoms with E-state index in [9.17, 15) is 4.39 Å². The summed E-state index contributed by atoms with van der Waals surface area (Å²) in [5.74, 6) is 1.91. The Morgan fingerprint density at radius 2 is 1.89 bits per heavy atom. The van der Waals surface area contributed by atoms with Crippen LogP contribution < -0.4 is 4.74 Å². The number of aryl methyl sites for hydroxylation is 2. The lowest BCUT2D eigenvalue weighted by molar-refractivity contribution is 0.209. The van der Waals surface area contributed by atoms with Gasteiger partial charge in [-0.15, -0.1) is 10.2 Å². The maximum absolute atomic E-state index is 13.4. The van der Waals surface area contributed by atoms with Crippen LogP contribution in [0.25, 0.3) is 0 Å². The van der Waals surface area contributed by atoms with E-state index in [-0.39, 0.29) is 11.9 Å². The summed E-state index contributed by atoms with van der Waals surface area (Å²) < 4.78 is 21.5. The molecule has 1 aromatic heterocycles. The highest BCUT2D eigenvalue weighted by atomic mass is 35.5. The molecule has 1 atom stereocenters. The maximum Gasteiger partial charge on any atom is 0.191 e. The predicted molar refractivity (Wildman–Crippen MR) is 112 cm³/mol. The Kier molecular flexibility index (Phi) is 6.62. The van der Waals surface area contributed by atoms with Gasteiger partial charge in [0.2, 0.25) is 0 Å². The Morgan fingerprint density at radius 3 is 2.54 bits per heavy atom. The van der Waals surface area contributed by atoms with Crippen LogP contribution in [0.5, 0.6) is 5.75 Å². The summed E-state index contributed by atoms with van der Waals surface area (Å²) in [5, 5.41) is 10.2. The van der Waals surface area contributed by atoms with Crippen LogP contribution in [-0.4, -0.2) is 14.8 Å². The third-order valence-electron chi connectivity index (χ3n) is 4.41. The Bertz CT molecular complexity index is 953. The lowest BCUT2D eigenvalue weighted by atomic mass is 10.1. The second kappa shape index (κ2) is 8.97. The molecule has 3 rings (SSSR count). The van der Waals surface area contributed by atoms with Gasteiger partial charge in [-0.25, -0.2) is 4.39 Å². The molecule has 148 valence electrons. The number of ether oxygens (including phenoxy) is 1. The lowest BCUT2D eigenvalue weighted by Gasteiger charge is -2.17. The lowest BCUT2D eigenvalue weighted by Crippen LogP contribution is -2.12. The van der Waals surface area contributed by atoms with Gasteiger partial charge in [0.1, 0.15) is 11.6 Å². The van der Waals surface area contributed by atoms with Crippen molar-refractivity contribution in [1.82, 2.24) is 14.8 Å². The van der Waals surface area contributed by atoms with E-state index in [1.165, 1.54) is 23.9 Å². The molecule has 0 saturated carbocycles. The number of halogens is 2. The van der Waals surface area contributed by atoms with Crippen LogP contribution >= 0.6 is 23.4 Å². The Morgan fingerprint density at radius 1 is 1.18 bits per heavy atom. The standard InChI is InChI=1S/C21H23ClFN3OS/c1-5-26-20(15(4)27-18-9-13(2)19(22)14(3)10-18)24-25-21(26)28-12-16-7-6-8-17(23)11-16/h6-11,15H,5,12H2,1-4H3. The maximum atomic E-state index is 13.4. The molecular formula is C21H23ClFN3OS. The van der Waals surface area contributed by atoms with Crippen molar-refractivity contribution in [2.75, 3.05) is 0 Å². The van der Waals surface area contributed by atoms with Crippen LogP contribution in [0.2, 0.25) is 5.02 Å². The molecule has 0 radical (unpaired) electrons. The molecule has 7 heteroatoms. The van der Waals surface area contributed by atoms with Gasteiger partial charge in [-0.1, -0.05) is 35.5 Å². The molecule has 0 saturated heterocycles. The zero-order valence-electron chi connectivity index (χ0n) is 16.4. The number of hydrogen-bond donors (Lipinski definition) is 0. The van der Waals surface area contributed by atoms with E-state index in [4.69, 9.17) is 16.3 Å². The molecule has 0 spiro atoms. The van der Waals surface area contributed by atoms with Crippen molar-refractivity contribution in [3.05, 3.63) is 69.8 Å². The summed E-state index contributed by atoms with van der Waals surface area (Å²) in [6.45, 7) is 8.64. The summed E-state index contributed by atoms with van der Waals surface area (Å²) in [7, 11) is 0. The molecule has 3 aromatic rings. The molecular weight excluding hydrogens is 397 g/mol. The molecule has 0 aliphatic carbocycles. The van der Waals surface area contributed by atoms with Crippen molar-refractivity contribution >= 4 is 23.4 Å². The molecule has 0 bridgehead atoms. The van der Waals surface area contributed by atoms with E-state index >= 15 is 0 Å². The van der Waals surface area contributed by atoms with Crippen molar-refractivity contribution in [1.29, 1.82) is 0 Å². The van der Waals surface area contributed by atoms with Gasteiger partial charge in [-0.2, -0.15) is 0 Å². The van der Waals surface area contributed by atoms with Gasteiger partial charge in [-0.05, 0) is 68.7 Å². The van der Waals surface area contributed by atoms with Gasteiger partial charge >= 0.3 is 0 Å². The molecule has 2 aromatic carbocycles. The number of rotatable bonds is 7. The van der Waals surface area contributed by atoms with E-state index < -0.39 is 0 Å². The number of benzene rings is 2. The third-order valence-corrected chi connectivity index (χ3v) is 6.04. The first kappa shape index (κ1) is 20.7. The topological polar surface area (TPSA) is 39.9 Å². The monoisotopic (exact) mass is 419 g/mol. The molecule has 4 nitrogen and oxygen atoms in total. The fraction of sp³-hybridized carbons (Fsp3) is 0.333. The van der Waals surface area contributed by atoms with Crippen molar-refractivity contribution in [3.63, 3.8) is 0 Å². The first-order chi connectivity index (χ1) is 13.4. The van der Waals surface area contributed by atoms with Crippen molar-refractivity contribution in [3.8, 4) is 5.75 Å². The Labute approximate surface area is 174 Å². The van der Waals surface area contributed by atoms with Gasteiger partial charge < -0.3 is 9.30 Å². The van der Waals surface area contributed by atoms with Gasteiger partial charge in [0.25, 0.3) is 0 Å². The molecule has 0 aliphatic rings. The van der Waals surface area contributed by atoms with Crippen LogP contribution in [0.3, 0.4) is 0 Å². The van der Waals surface area contributed by atoms with Crippen molar-refractivity contribution in [2.45, 2.75) is 51.3 Å². The summed E-state index contributed by atoms with van der Waals surface area (Å²) in [5.41, 5.74) is 2.87. The number of thioether (sulfide) groups is 1. The van der Waals surface area contributed by atoms with E-state index in [2.05, 4.69) is 10.2 Å². The second-order valence-electron chi connectivity index (χ2n) is 6.63.